The summed E-state index contributed by atoms with van der Waals surface area (Å²) in [6.45, 7) is 7.23. The second-order valence-corrected chi connectivity index (χ2v) is 4.89. The summed E-state index contributed by atoms with van der Waals surface area (Å²) < 4.78 is 13.2. The van der Waals surface area contributed by atoms with Crippen LogP contribution in [0.25, 0.3) is 0 Å². The zero-order chi connectivity index (χ0) is 13.0. The van der Waals surface area contributed by atoms with Gasteiger partial charge in [0.1, 0.15) is 5.82 Å². The number of nitrogens with two attached hydrogens (primary N) is 1. The molecule has 0 amide bonds. The van der Waals surface area contributed by atoms with Crippen molar-refractivity contribution < 1.29 is 4.39 Å². The third kappa shape index (κ3) is 3.70. The minimum atomic E-state index is -0.224. The molecule has 0 heterocycles. The van der Waals surface area contributed by atoms with Crippen molar-refractivity contribution in [3.8, 4) is 0 Å². The van der Waals surface area contributed by atoms with Crippen LogP contribution >= 0.6 is 0 Å². The topological polar surface area (TPSA) is 29.3 Å². The lowest BCUT2D eigenvalue weighted by atomic mass is 10.0. The summed E-state index contributed by atoms with van der Waals surface area (Å²) in [6.07, 6.45) is 1.14. The molecule has 0 aliphatic rings. The molecule has 1 aromatic rings. The van der Waals surface area contributed by atoms with Gasteiger partial charge in [0.15, 0.2) is 0 Å². The van der Waals surface area contributed by atoms with Crippen molar-refractivity contribution in [2.75, 3.05) is 18.5 Å². The second kappa shape index (κ2) is 6.01. The molecule has 2 atom stereocenters. The van der Waals surface area contributed by atoms with E-state index in [-0.39, 0.29) is 11.9 Å². The lowest BCUT2D eigenvalue weighted by Crippen LogP contribution is -2.25. The average Bonchev–Trinajstić information content (AvgIpc) is 2.28. The predicted octanol–water partition coefficient (Wildman–Crippen LogP) is 3.33. The fourth-order valence-electron chi connectivity index (χ4n) is 1.93. The van der Waals surface area contributed by atoms with Crippen LogP contribution < -0.4 is 10.6 Å². The van der Waals surface area contributed by atoms with Crippen LogP contribution in [0.3, 0.4) is 0 Å². The number of nitrogens with zero attached hydrogens (tertiary/aromatic N) is 1. The summed E-state index contributed by atoms with van der Waals surface area (Å²) in [5.41, 5.74) is 7.79. The van der Waals surface area contributed by atoms with E-state index in [2.05, 4.69) is 18.7 Å². The van der Waals surface area contributed by atoms with E-state index in [9.17, 15) is 4.39 Å². The Balaban J connectivity index is 2.96. The van der Waals surface area contributed by atoms with Gasteiger partial charge in [-0.2, -0.15) is 0 Å². The van der Waals surface area contributed by atoms with Gasteiger partial charge in [0.25, 0.3) is 0 Å². The Labute approximate surface area is 104 Å². The van der Waals surface area contributed by atoms with Crippen LogP contribution in [-0.4, -0.2) is 13.6 Å². The fourth-order valence-corrected chi connectivity index (χ4v) is 1.93. The van der Waals surface area contributed by atoms with Crippen LogP contribution in [0.4, 0.5) is 10.1 Å². The van der Waals surface area contributed by atoms with Crippen LogP contribution in [0.15, 0.2) is 18.2 Å². The van der Waals surface area contributed by atoms with Crippen molar-refractivity contribution in [1.29, 1.82) is 0 Å². The highest BCUT2D eigenvalue weighted by Crippen LogP contribution is 2.26. The molecule has 0 aromatic heterocycles. The van der Waals surface area contributed by atoms with Gasteiger partial charge in [-0.05, 0) is 36.6 Å². The van der Waals surface area contributed by atoms with Gasteiger partial charge >= 0.3 is 0 Å². The highest BCUT2D eigenvalue weighted by Gasteiger charge is 2.13. The van der Waals surface area contributed by atoms with Crippen LogP contribution in [-0.2, 0) is 0 Å². The van der Waals surface area contributed by atoms with Crippen molar-refractivity contribution in [3.63, 3.8) is 0 Å². The standard InChI is InChI=1S/C14H23FN2/c1-5-10(2)9-17(4)14-7-6-12(15)8-13(14)11(3)16/h6-8,10-11H,5,9,16H2,1-4H3/t10?,11-/m1/s1. The maximum Gasteiger partial charge on any atom is 0.123 e. The van der Waals surface area contributed by atoms with Gasteiger partial charge in [-0.25, -0.2) is 4.39 Å². The predicted molar refractivity (Wildman–Crippen MR) is 71.7 cm³/mol. The molecule has 3 heteroatoms. The molecule has 0 fully saturated rings. The first kappa shape index (κ1) is 14.0. The van der Waals surface area contributed by atoms with Gasteiger partial charge in [-0.15, -0.1) is 0 Å². The third-order valence-corrected chi connectivity index (χ3v) is 3.17. The van der Waals surface area contributed by atoms with Crippen LogP contribution in [0.2, 0.25) is 0 Å². The van der Waals surface area contributed by atoms with E-state index in [0.29, 0.717) is 5.92 Å². The lowest BCUT2D eigenvalue weighted by Gasteiger charge is -2.26. The molecule has 0 aliphatic heterocycles. The minimum Gasteiger partial charge on any atom is -0.374 e. The molecule has 2 N–H and O–H groups in total. The van der Waals surface area contributed by atoms with Gasteiger partial charge in [0.05, 0.1) is 0 Å². The van der Waals surface area contributed by atoms with Crippen molar-refractivity contribution >= 4 is 5.69 Å². The Morgan fingerprint density at radius 2 is 2.00 bits per heavy atom. The fraction of sp³-hybridized carbons (Fsp3) is 0.571. The van der Waals surface area contributed by atoms with E-state index < -0.39 is 0 Å². The van der Waals surface area contributed by atoms with Gasteiger partial charge in [0, 0.05) is 25.3 Å². The number of anilines is 1. The normalized spacial score (nSPS) is 14.5. The second-order valence-electron chi connectivity index (χ2n) is 4.89. The van der Waals surface area contributed by atoms with Gasteiger partial charge in [-0.1, -0.05) is 20.3 Å². The number of hydrogen-bond donors (Lipinski definition) is 1. The first-order chi connectivity index (χ1) is 7.95. The SMILES string of the molecule is CCC(C)CN(C)c1ccc(F)cc1[C@@H](C)N. The zero-order valence-electron chi connectivity index (χ0n) is 11.2. The van der Waals surface area contributed by atoms with E-state index >= 15 is 0 Å². The summed E-state index contributed by atoms with van der Waals surface area (Å²) in [4.78, 5) is 2.16. The summed E-state index contributed by atoms with van der Waals surface area (Å²) in [6, 6.07) is 4.69. The molecule has 0 aliphatic carbocycles. The highest BCUT2D eigenvalue weighted by atomic mass is 19.1. The first-order valence-corrected chi connectivity index (χ1v) is 6.21. The van der Waals surface area contributed by atoms with E-state index in [1.54, 1.807) is 0 Å². The number of halogens is 1. The largest absolute Gasteiger partial charge is 0.374 e. The molecule has 0 bridgehead atoms. The quantitative estimate of drug-likeness (QED) is 0.852. The Morgan fingerprint density at radius 1 is 1.35 bits per heavy atom. The van der Waals surface area contributed by atoms with Crippen molar-refractivity contribution in [3.05, 3.63) is 29.6 Å². The molecule has 0 spiro atoms. The molecule has 96 valence electrons. The molecule has 0 radical (unpaired) electrons. The van der Waals surface area contributed by atoms with Gasteiger partial charge < -0.3 is 10.6 Å². The summed E-state index contributed by atoms with van der Waals surface area (Å²) in [7, 11) is 2.03. The molecule has 0 saturated carbocycles. The number of benzene rings is 1. The molecule has 17 heavy (non-hydrogen) atoms. The summed E-state index contributed by atoms with van der Waals surface area (Å²) >= 11 is 0. The zero-order valence-corrected chi connectivity index (χ0v) is 11.2. The van der Waals surface area contributed by atoms with Crippen molar-refractivity contribution in [1.82, 2.24) is 0 Å². The van der Waals surface area contributed by atoms with Crippen molar-refractivity contribution in [2.24, 2.45) is 11.7 Å². The Morgan fingerprint density at radius 3 is 2.53 bits per heavy atom. The minimum absolute atomic E-state index is 0.153. The summed E-state index contributed by atoms with van der Waals surface area (Å²) in [5, 5.41) is 0. The monoisotopic (exact) mass is 238 g/mol. The smallest absolute Gasteiger partial charge is 0.123 e. The number of rotatable bonds is 5. The van der Waals surface area contributed by atoms with Crippen LogP contribution in [0.5, 0.6) is 0 Å². The van der Waals surface area contributed by atoms with E-state index in [0.717, 1.165) is 24.2 Å². The molecule has 2 nitrogen and oxygen atoms in total. The Bertz CT molecular complexity index is 363. The Hall–Kier alpha value is -1.09. The molecule has 1 unspecified atom stereocenters. The maximum absolute atomic E-state index is 13.2. The third-order valence-electron chi connectivity index (χ3n) is 3.17. The van der Waals surface area contributed by atoms with Gasteiger partial charge in [0.2, 0.25) is 0 Å². The highest BCUT2D eigenvalue weighted by molar-refractivity contribution is 5.54. The Kier molecular flexibility index (Phi) is 4.94. The van der Waals surface area contributed by atoms with E-state index in [1.165, 1.54) is 12.1 Å². The van der Waals surface area contributed by atoms with E-state index in [4.69, 9.17) is 5.73 Å². The molecular formula is C14H23FN2. The van der Waals surface area contributed by atoms with Crippen molar-refractivity contribution in [2.45, 2.75) is 33.2 Å². The van der Waals surface area contributed by atoms with Crippen LogP contribution in [0.1, 0.15) is 38.8 Å². The molecule has 0 saturated heterocycles. The lowest BCUT2D eigenvalue weighted by molar-refractivity contribution is 0.557. The average molecular weight is 238 g/mol. The van der Waals surface area contributed by atoms with Gasteiger partial charge in [-0.3, -0.25) is 0 Å². The van der Waals surface area contributed by atoms with Crippen LogP contribution in [0, 0.1) is 11.7 Å². The molecule has 1 aromatic carbocycles. The first-order valence-electron chi connectivity index (χ1n) is 6.21. The molecular weight excluding hydrogens is 215 g/mol. The summed E-state index contributed by atoms with van der Waals surface area (Å²) in [5.74, 6) is 0.393. The number of hydrogen-bond acceptors (Lipinski definition) is 2. The molecule has 1 rings (SSSR count). The van der Waals surface area contributed by atoms with E-state index in [1.807, 2.05) is 20.0 Å². The maximum atomic E-state index is 13.2.